The monoisotopic (exact) mass is 324 g/mol. The summed E-state index contributed by atoms with van der Waals surface area (Å²) in [7, 11) is 0. The van der Waals surface area contributed by atoms with Gasteiger partial charge in [0.15, 0.2) is 0 Å². The van der Waals surface area contributed by atoms with Crippen molar-refractivity contribution in [1.29, 1.82) is 0 Å². The van der Waals surface area contributed by atoms with Crippen LogP contribution in [0.4, 0.5) is 4.39 Å². The molecule has 0 nitrogen and oxygen atoms in total. The molecule has 0 aromatic heterocycles. The molecule has 0 radical (unpaired) electrons. The van der Waals surface area contributed by atoms with Gasteiger partial charge in [-0.3, -0.25) is 0 Å². The predicted octanol–water partition coefficient (Wildman–Crippen LogP) is 6.37. The van der Waals surface area contributed by atoms with E-state index in [4.69, 9.17) is 0 Å². The molecule has 0 bridgehead atoms. The lowest BCUT2D eigenvalue weighted by Gasteiger charge is -2.17. The molecule has 118 valence electrons. The van der Waals surface area contributed by atoms with E-state index in [1.54, 1.807) is 12.1 Å². The van der Waals surface area contributed by atoms with Crippen LogP contribution in [0.15, 0.2) is 60.5 Å². The molecule has 0 atom stereocenters. The molecule has 0 saturated heterocycles. The average Bonchev–Trinajstić information content (AvgIpc) is 2.59. The maximum Gasteiger partial charge on any atom is 0.123 e. The van der Waals surface area contributed by atoms with E-state index in [1.807, 2.05) is 17.8 Å². The fourth-order valence-electron chi connectivity index (χ4n) is 2.86. The minimum absolute atomic E-state index is 0.214. The Morgan fingerprint density at radius 1 is 1.00 bits per heavy atom. The maximum absolute atomic E-state index is 13.3. The lowest BCUT2D eigenvalue weighted by Crippen LogP contribution is -1.99. The number of fused-ring (bicyclic) bond motifs is 1. The van der Waals surface area contributed by atoms with Crippen molar-refractivity contribution in [1.82, 2.24) is 0 Å². The largest absolute Gasteiger partial charge is 0.207 e. The van der Waals surface area contributed by atoms with Crippen molar-refractivity contribution < 1.29 is 4.39 Å². The third kappa shape index (κ3) is 3.94. The van der Waals surface area contributed by atoms with Gasteiger partial charge in [-0.05, 0) is 77.5 Å². The summed E-state index contributed by atoms with van der Waals surface area (Å²) in [5, 5.41) is 0. The Bertz CT molecular complexity index is 745. The average molecular weight is 324 g/mol. The summed E-state index contributed by atoms with van der Waals surface area (Å²) < 4.78 is 13.3. The normalized spacial score (nSPS) is 13.4. The SMILES string of the molecule is C=C(CCC(=C)c1ccc2c(c1)SCCC2)c1cccc(F)c1. The molecule has 0 saturated carbocycles. The zero-order chi connectivity index (χ0) is 16.2. The first-order chi connectivity index (χ1) is 11.1. The Morgan fingerprint density at radius 3 is 2.48 bits per heavy atom. The van der Waals surface area contributed by atoms with Gasteiger partial charge < -0.3 is 0 Å². The van der Waals surface area contributed by atoms with Crippen molar-refractivity contribution in [2.75, 3.05) is 5.75 Å². The van der Waals surface area contributed by atoms with E-state index in [2.05, 4.69) is 31.4 Å². The van der Waals surface area contributed by atoms with Crippen LogP contribution in [0.1, 0.15) is 36.0 Å². The van der Waals surface area contributed by atoms with Gasteiger partial charge in [0.2, 0.25) is 0 Å². The van der Waals surface area contributed by atoms with Gasteiger partial charge in [-0.2, -0.15) is 0 Å². The number of hydrogen-bond acceptors (Lipinski definition) is 1. The van der Waals surface area contributed by atoms with Gasteiger partial charge in [0.1, 0.15) is 5.82 Å². The predicted molar refractivity (Wildman–Crippen MR) is 99.2 cm³/mol. The number of aryl methyl sites for hydroxylation is 1. The van der Waals surface area contributed by atoms with Crippen LogP contribution in [0.3, 0.4) is 0 Å². The molecule has 1 aliphatic rings. The third-order valence-electron chi connectivity index (χ3n) is 4.28. The molecule has 0 fully saturated rings. The summed E-state index contributed by atoms with van der Waals surface area (Å²) in [6.45, 7) is 8.32. The number of hydrogen-bond donors (Lipinski definition) is 0. The molecular formula is C21H21FS. The molecule has 2 aromatic rings. The molecule has 0 N–H and O–H groups in total. The third-order valence-corrected chi connectivity index (χ3v) is 5.47. The molecule has 1 heterocycles. The zero-order valence-corrected chi connectivity index (χ0v) is 14.1. The highest BCUT2D eigenvalue weighted by atomic mass is 32.2. The standard InChI is InChI=1S/C21H21FS/c1-15(18-5-3-7-20(22)13-18)8-9-16(2)19-11-10-17-6-4-12-23-21(17)14-19/h3,5,7,10-11,13-14H,1-2,4,6,8-9,12H2. The van der Waals surface area contributed by atoms with Crippen LogP contribution in [0.2, 0.25) is 0 Å². The van der Waals surface area contributed by atoms with Crippen LogP contribution < -0.4 is 0 Å². The van der Waals surface area contributed by atoms with Crippen LogP contribution in [-0.4, -0.2) is 5.75 Å². The quantitative estimate of drug-likeness (QED) is 0.615. The smallest absolute Gasteiger partial charge is 0.123 e. The first-order valence-electron chi connectivity index (χ1n) is 8.01. The Morgan fingerprint density at radius 2 is 1.74 bits per heavy atom. The van der Waals surface area contributed by atoms with Crippen LogP contribution in [0.5, 0.6) is 0 Å². The lowest BCUT2D eigenvalue weighted by molar-refractivity contribution is 0.627. The van der Waals surface area contributed by atoms with E-state index < -0.39 is 0 Å². The summed E-state index contributed by atoms with van der Waals surface area (Å²) in [6, 6.07) is 13.3. The van der Waals surface area contributed by atoms with E-state index in [0.717, 1.165) is 29.6 Å². The highest BCUT2D eigenvalue weighted by Crippen LogP contribution is 2.33. The van der Waals surface area contributed by atoms with Gasteiger partial charge in [0.05, 0.1) is 0 Å². The second-order valence-corrected chi connectivity index (χ2v) is 7.13. The minimum Gasteiger partial charge on any atom is -0.207 e. The van der Waals surface area contributed by atoms with Crippen LogP contribution in [0, 0.1) is 5.82 Å². The highest BCUT2D eigenvalue weighted by Gasteiger charge is 2.11. The maximum atomic E-state index is 13.3. The van der Waals surface area contributed by atoms with Crippen molar-refractivity contribution in [3.63, 3.8) is 0 Å². The molecule has 2 heteroatoms. The highest BCUT2D eigenvalue weighted by molar-refractivity contribution is 7.99. The van der Waals surface area contributed by atoms with E-state index >= 15 is 0 Å². The van der Waals surface area contributed by atoms with Crippen molar-refractivity contribution >= 4 is 22.9 Å². The number of benzene rings is 2. The minimum atomic E-state index is -0.214. The summed E-state index contributed by atoms with van der Waals surface area (Å²) in [5.41, 5.74) is 5.63. The summed E-state index contributed by atoms with van der Waals surface area (Å²) in [6.07, 6.45) is 4.10. The van der Waals surface area contributed by atoms with E-state index in [0.29, 0.717) is 0 Å². The number of thioether (sulfide) groups is 1. The summed E-state index contributed by atoms with van der Waals surface area (Å²) in [5.74, 6) is 0.994. The number of rotatable bonds is 5. The van der Waals surface area contributed by atoms with Crippen LogP contribution >= 0.6 is 11.8 Å². The van der Waals surface area contributed by atoms with Crippen molar-refractivity contribution in [2.24, 2.45) is 0 Å². The van der Waals surface area contributed by atoms with Crippen molar-refractivity contribution in [2.45, 2.75) is 30.6 Å². The summed E-state index contributed by atoms with van der Waals surface area (Å²) >= 11 is 1.94. The molecule has 0 aliphatic carbocycles. The fraction of sp³-hybridized carbons (Fsp3) is 0.238. The van der Waals surface area contributed by atoms with Gasteiger partial charge >= 0.3 is 0 Å². The van der Waals surface area contributed by atoms with Gasteiger partial charge in [0.25, 0.3) is 0 Å². The molecule has 1 aliphatic heterocycles. The van der Waals surface area contributed by atoms with Crippen molar-refractivity contribution in [3.05, 3.63) is 78.1 Å². The van der Waals surface area contributed by atoms with Gasteiger partial charge in [-0.25, -0.2) is 4.39 Å². The molecule has 0 amide bonds. The first kappa shape index (κ1) is 16.1. The lowest BCUT2D eigenvalue weighted by atomic mass is 9.96. The van der Waals surface area contributed by atoms with Gasteiger partial charge in [-0.1, -0.05) is 37.4 Å². The number of allylic oxidation sites excluding steroid dienone is 2. The second kappa shape index (κ2) is 7.18. The van der Waals surface area contributed by atoms with Crippen LogP contribution in [0.25, 0.3) is 11.1 Å². The Labute approximate surface area is 142 Å². The fourth-order valence-corrected chi connectivity index (χ4v) is 3.93. The molecule has 0 unspecified atom stereocenters. The van der Waals surface area contributed by atoms with Gasteiger partial charge in [-0.15, -0.1) is 11.8 Å². The molecule has 3 rings (SSSR count). The Kier molecular flexibility index (Phi) is 5.02. The van der Waals surface area contributed by atoms with E-state index in [1.165, 1.54) is 40.7 Å². The summed E-state index contributed by atoms with van der Waals surface area (Å²) in [4.78, 5) is 1.40. The number of halogens is 1. The van der Waals surface area contributed by atoms with E-state index in [-0.39, 0.29) is 5.82 Å². The van der Waals surface area contributed by atoms with Crippen molar-refractivity contribution in [3.8, 4) is 0 Å². The Hall–Kier alpha value is -1.80. The van der Waals surface area contributed by atoms with Gasteiger partial charge in [0, 0.05) is 4.90 Å². The van der Waals surface area contributed by atoms with E-state index in [9.17, 15) is 4.39 Å². The Balaban J connectivity index is 1.64. The molecular weight excluding hydrogens is 303 g/mol. The van der Waals surface area contributed by atoms with Crippen LogP contribution in [-0.2, 0) is 6.42 Å². The topological polar surface area (TPSA) is 0 Å². The second-order valence-electron chi connectivity index (χ2n) is 5.99. The first-order valence-corrected chi connectivity index (χ1v) is 8.99. The molecule has 2 aromatic carbocycles. The zero-order valence-electron chi connectivity index (χ0n) is 13.3. The molecule has 0 spiro atoms. The molecule has 23 heavy (non-hydrogen) atoms.